The largest absolute Gasteiger partial charge is 0.472 e. The van der Waals surface area contributed by atoms with E-state index in [1.54, 1.807) is 7.11 Å². The molecule has 0 radical (unpaired) electrons. The van der Waals surface area contributed by atoms with Gasteiger partial charge in [0.25, 0.3) is 5.19 Å². The van der Waals surface area contributed by atoms with Gasteiger partial charge in [0.2, 0.25) is 0 Å². The van der Waals surface area contributed by atoms with Crippen LogP contribution in [0.5, 0.6) is 5.19 Å². The lowest BCUT2D eigenvalue weighted by atomic mass is 10.1. The van der Waals surface area contributed by atoms with Crippen LogP contribution in [0, 0.1) is 6.92 Å². The standard InChI is InChI=1S/C10H10N2OS/c1-7-5-3-4-6-8(7)9-11-12-10(13-2)14-9/h3-6H,1-2H3. The summed E-state index contributed by atoms with van der Waals surface area (Å²) >= 11 is 1.46. The van der Waals surface area contributed by atoms with Gasteiger partial charge in [-0.2, -0.15) is 0 Å². The Labute approximate surface area is 86.4 Å². The first kappa shape index (κ1) is 9.15. The van der Waals surface area contributed by atoms with Gasteiger partial charge >= 0.3 is 0 Å². The maximum absolute atomic E-state index is 5.00. The highest BCUT2D eigenvalue weighted by molar-refractivity contribution is 7.16. The zero-order valence-electron chi connectivity index (χ0n) is 8.02. The van der Waals surface area contributed by atoms with Gasteiger partial charge in [-0.1, -0.05) is 40.7 Å². The number of methoxy groups -OCH3 is 1. The molecular formula is C10H10N2OS. The molecule has 0 N–H and O–H groups in total. The Kier molecular flexibility index (Phi) is 2.45. The maximum atomic E-state index is 5.00. The van der Waals surface area contributed by atoms with Gasteiger partial charge in [0.15, 0.2) is 5.01 Å². The molecule has 0 aliphatic carbocycles. The second kappa shape index (κ2) is 3.75. The number of hydrogen-bond donors (Lipinski definition) is 0. The van der Waals surface area contributed by atoms with Crippen LogP contribution >= 0.6 is 11.3 Å². The fraction of sp³-hybridized carbons (Fsp3) is 0.200. The van der Waals surface area contributed by atoms with Crippen molar-refractivity contribution in [3.63, 3.8) is 0 Å². The van der Waals surface area contributed by atoms with E-state index in [1.807, 2.05) is 18.2 Å². The smallest absolute Gasteiger partial charge is 0.294 e. The minimum Gasteiger partial charge on any atom is -0.472 e. The van der Waals surface area contributed by atoms with Crippen LogP contribution in [0.4, 0.5) is 0 Å². The molecule has 0 bridgehead atoms. The van der Waals surface area contributed by atoms with E-state index in [1.165, 1.54) is 16.9 Å². The Balaban J connectivity index is 2.44. The molecule has 0 amide bonds. The van der Waals surface area contributed by atoms with Crippen molar-refractivity contribution >= 4 is 11.3 Å². The van der Waals surface area contributed by atoms with Gasteiger partial charge in [-0.25, -0.2) is 0 Å². The van der Waals surface area contributed by atoms with Crippen LogP contribution in [0.25, 0.3) is 10.6 Å². The Morgan fingerprint density at radius 3 is 2.64 bits per heavy atom. The van der Waals surface area contributed by atoms with Crippen molar-refractivity contribution in [2.45, 2.75) is 6.92 Å². The zero-order valence-corrected chi connectivity index (χ0v) is 8.84. The Bertz CT molecular complexity index is 439. The number of aryl methyl sites for hydroxylation is 1. The molecule has 1 aromatic heterocycles. The average Bonchev–Trinajstić information content (AvgIpc) is 2.67. The number of rotatable bonds is 2. The van der Waals surface area contributed by atoms with Crippen LogP contribution in [0.1, 0.15) is 5.56 Å². The van der Waals surface area contributed by atoms with Crippen molar-refractivity contribution in [2.24, 2.45) is 0 Å². The minimum atomic E-state index is 0.600. The first-order valence-corrected chi connectivity index (χ1v) is 5.06. The number of ether oxygens (including phenoxy) is 1. The van der Waals surface area contributed by atoms with E-state index in [4.69, 9.17) is 4.74 Å². The van der Waals surface area contributed by atoms with E-state index in [2.05, 4.69) is 23.2 Å². The molecule has 1 aromatic carbocycles. The third kappa shape index (κ3) is 1.61. The minimum absolute atomic E-state index is 0.600. The van der Waals surface area contributed by atoms with E-state index in [9.17, 15) is 0 Å². The Morgan fingerprint density at radius 2 is 2.00 bits per heavy atom. The quantitative estimate of drug-likeness (QED) is 0.757. The summed E-state index contributed by atoms with van der Waals surface area (Å²) in [6.07, 6.45) is 0. The van der Waals surface area contributed by atoms with E-state index < -0.39 is 0 Å². The van der Waals surface area contributed by atoms with Crippen LogP contribution in [0.2, 0.25) is 0 Å². The van der Waals surface area contributed by atoms with Gasteiger partial charge in [0, 0.05) is 5.56 Å². The monoisotopic (exact) mass is 206 g/mol. The normalized spacial score (nSPS) is 10.1. The van der Waals surface area contributed by atoms with Gasteiger partial charge in [-0.05, 0) is 12.5 Å². The number of aromatic nitrogens is 2. The Hall–Kier alpha value is -1.42. The van der Waals surface area contributed by atoms with E-state index >= 15 is 0 Å². The molecule has 72 valence electrons. The number of hydrogen-bond acceptors (Lipinski definition) is 4. The van der Waals surface area contributed by atoms with Crippen molar-refractivity contribution in [1.82, 2.24) is 10.2 Å². The van der Waals surface area contributed by atoms with Gasteiger partial charge in [-0.3, -0.25) is 0 Å². The third-order valence-electron chi connectivity index (χ3n) is 1.96. The third-order valence-corrected chi connectivity index (χ3v) is 2.87. The fourth-order valence-corrected chi connectivity index (χ4v) is 1.96. The van der Waals surface area contributed by atoms with Crippen LogP contribution < -0.4 is 4.74 Å². The average molecular weight is 206 g/mol. The predicted molar refractivity (Wildman–Crippen MR) is 56.6 cm³/mol. The van der Waals surface area contributed by atoms with Crippen molar-refractivity contribution in [2.75, 3.05) is 7.11 Å². The fourth-order valence-electron chi connectivity index (χ4n) is 1.21. The molecular weight excluding hydrogens is 196 g/mol. The van der Waals surface area contributed by atoms with Crippen LogP contribution in [0.3, 0.4) is 0 Å². The Morgan fingerprint density at radius 1 is 1.21 bits per heavy atom. The molecule has 0 saturated heterocycles. The summed E-state index contributed by atoms with van der Waals surface area (Å²) in [6.45, 7) is 2.06. The summed E-state index contributed by atoms with van der Waals surface area (Å²) in [6, 6.07) is 8.10. The number of benzene rings is 1. The van der Waals surface area contributed by atoms with Crippen LogP contribution in [0.15, 0.2) is 24.3 Å². The molecule has 2 rings (SSSR count). The topological polar surface area (TPSA) is 35.0 Å². The molecule has 2 aromatic rings. The molecule has 0 fully saturated rings. The highest BCUT2D eigenvalue weighted by Gasteiger charge is 2.07. The zero-order chi connectivity index (χ0) is 9.97. The molecule has 0 unspecified atom stereocenters. The van der Waals surface area contributed by atoms with E-state index in [-0.39, 0.29) is 0 Å². The summed E-state index contributed by atoms with van der Waals surface area (Å²) in [5.74, 6) is 0. The van der Waals surface area contributed by atoms with Gasteiger partial charge in [0.1, 0.15) is 0 Å². The molecule has 14 heavy (non-hydrogen) atoms. The van der Waals surface area contributed by atoms with Gasteiger partial charge < -0.3 is 4.74 Å². The summed E-state index contributed by atoms with van der Waals surface area (Å²) in [5, 5.41) is 9.46. The summed E-state index contributed by atoms with van der Waals surface area (Å²) in [7, 11) is 1.60. The van der Waals surface area contributed by atoms with Crippen LogP contribution in [-0.4, -0.2) is 17.3 Å². The highest BCUT2D eigenvalue weighted by atomic mass is 32.1. The first-order chi connectivity index (χ1) is 6.81. The highest BCUT2D eigenvalue weighted by Crippen LogP contribution is 2.29. The molecule has 0 aliphatic rings. The molecule has 0 aliphatic heterocycles. The van der Waals surface area contributed by atoms with E-state index in [0.29, 0.717) is 5.19 Å². The number of nitrogens with zero attached hydrogens (tertiary/aromatic N) is 2. The lowest BCUT2D eigenvalue weighted by Gasteiger charge is -1.98. The van der Waals surface area contributed by atoms with Crippen molar-refractivity contribution in [1.29, 1.82) is 0 Å². The second-order valence-electron chi connectivity index (χ2n) is 2.89. The molecule has 3 nitrogen and oxygen atoms in total. The summed E-state index contributed by atoms with van der Waals surface area (Å²) in [4.78, 5) is 0. The van der Waals surface area contributed by atoms with E-state index in [0.717, 1.165) is 10.6 Å². The second-order valence-corrected chi connectivity index (χ2v) is 3.83. The molecule has 4 heteroatoms. The van der Waals surface area contributed by atoms with Gasteiger partial charge in [0.05, 0.1) is 7.11 Å². The van der Waals surface area contributed by atoms with Crippen molar-refractivity contribution in [3.8, 4) is 15.8 Å². The first-order valence-electron chi connectivity index (χ1n) is 4.25. The molecule has 0 spiro atoms. The lowest BCUT2D eigenvalue weighted by molar-refractivity contribution is 0.407. The molecule has 0 atom stereocenters. The summed E-state index contributed by atoms with van der Waals surface area (Å²) in [5.41, 5.74) is 2.32. The molecule has 1 heterocycles. The predicted octanol–water partition coefficient (Wildman–Crippen LogP) is 2.52. The van der Waals surface area contributed by atoms with Gasteiger partial charge in [-0.15, -0.1) is 5.10 Å². The van der Waals surface area contributed by atoms with Crippen LogP contribution in [-0.2, 0) is 0 Å². The van der Waals surface area contributed by atoms with Crippen molar-refractivity contribution < 1.29 is 4.74 Å². The van der Waals surface area contributed by atoms with Crippen molar-refractivity contribution in [3.05, 3.63) is 29.8 Å². The maximum Gasteiger partial charge on any atom is 0.294 e. The SMILES string of the molecule is COc1nnc(-c2ccccc2C)s1. The lowest BCUT2D eigenvalue weighted by Crippen LogP contribution is -1.81. The summed E-state index contributed by atoms with van der Waals surface area (Å²) < 4.78 is 5.00. The molecule has 0 saturated carbocycles.